The van der Waals surface area contributed by atoms with Gasteiger partial charge in [0.25, 0.3) is 0 Å². The van der Waals surface area contributed by atoms with E-state index < -0.39 is 0 Å². The zero-order valence-corrected chi connectivity index (χ0v) is 12.2. The van der Waals surface area contributed by atoms with Crippen LogP contribution in [0.4, 0.5) is 0 Å². The second-order valence-corrected chi connectivity index (χ2v) is 5.32. The van der Waals surface area contributed by atoms with Crippen molar-refractivity contribution in [2.75, 3.05) is 20.7 Å². The van der Waals surface area contributed by atoms with Gasteiger partial charge in [-0.3, -0.25) is 0 Å². The Kier molecular flexibility index (Phi) is 6.37. The van der Waals surface area contributed by atoms with E-state index in [1.54, 1.807) is 0 Å². The first-order valence-corrected chi connectivity index (χ1v) is 6.97. The highest BCUT2D eigenvalue weighted by atomic mass is 16.2. The molecule has 102 valence electrons. The summed E-state index contributed by atoms with van der Waals surface area (Å²) < 4.78 is 0. The molecule has 0 spiro atoms. The highest BCUT2D eigenvalue weighted by molar-refractivity contribution is 5.27. The topological polar surface area (TPSA) is 23.5 Å². The molecule has 1 aromatic rings. The molecule has 1 rings (SSSR count). The molecule has 1 N–H and O–H groups in total. The number of nitrogens with zero attached hydrogens (tertiary/aromatic N) is 1. The summed E-state index contributed by atoms with van der Waals surface area (Å²) in [7, 11) is 4.20. The Morgan fingerprint density at radius 2 is 1.67 bits per heavy atom. The fourth-order valence-corrected chi connectivity index (χ4v) is 2.29. The normalized spacial score (nSPS) is 14.8. The van der Waals surface area contributed by atoms with Gasteiger partial charge in [0.1, 0.15) is 0 Å². The minimum absolute atomic E-state index is 0.273. The Balaban J connectivity index is 2.80. The van der Waals surface area contributed by atoms with Gasteiger partial charge < -0.3 is 10.0 Å². The zero-order valence-electron chi connectivity index (χ0n) is 12.2. The average molecular weight is 249 g/mol. The molecule has 0 radical (unpaired) electrons. The maximum absolute atomic E-state index is 8.97. The molecule has 0 amide bonds. The number of aliphatic hydroxyl groups is 1. The van der Waals surface area contributed by atoms with Crippen molar-refractivity contribution in [3.8, 4) is 0 Å². The molecule has 0 fully saturated rings. The van der Waals surface area contributed by atoms with Crippen molar-refractivity contribution in [2.24, 2.45) is 0 Å². The largest absolute Gasteiger partial charge is 0.396 e. The van der Waals surface area contributed by atoms with Crippen LogP contribution in [0.25, 0.3) is 0 Å². The minimum Gasteiger partial charge on any atom is -0.396 e. The number of hydrogen-bond acceptors (Lipinski definition) is 2. The summed E-state index contributed by atoms with van der Waals surface area (Å²) in [6.07, 6.45) is 3.04. The van der Waals surface area contributed by atoms with Gasteiger partial charge in [-0.2, -0.15) is 0 Å². The van der Waals surface area contributed by atoms with Crippen molar-refractivity contribution in [2.45, 2.75) is 45.1 Å². The monoisotopic (exact) mass is 249 g/mol. The summed E-state index contributed by atoms with van der Waals surface area (Å²) in [6.45, 7) is 4.77. The fourth-order valence-electron chi connectivity index (χ4n) is 2.29. The van der Waals surface area contributed by atoms with E-state index in [0.717, 1.165) is 12.8 Å². The number of benzene rings is 1. The van der Waals surface area contributed by atoms with Crippen LogP contribution >= 0.6 is 0 Å². The molecule has 0 aliphatic carbocycles. The van der Waals surface area contributed by atoms with Crippen molar-refractivity contribution in [3.05, 3.63) is 35.4 Å². The Morgan fingerprint density at radius 3 is 2.11 bits per heavy atom. The quantitative estimate of drug-likeness (QED) is 0.798. The van der Waals surface area contributed by atoms with Crippen molar-refractivity contribution in [1.82, 2.24) is 4.90 Å². The lowest BCUT2D eigenvalue weighted by molar-refractivity contribution is 0.235. The van der Waals surface area contributed by atoms with Crippen molar-refractivity contribution in [1.29, 1.82) is 0 Å². The van der Waals surface area contributed by atoms with Gasteiger partial charge in [-0.1, -0.05) is 38.1 Å². The van der Waals surface area contributed by atoms with E-state index >= 15 is 0 Å². The molecule has 1 aromatic carbocycles. The molecule has 0 bridgehead atoms. The van der Waals surface area contributed by atoms with E-state index in [1.165, 1.54) is 17.5 Å². The molecule has 0 aliphatic rings. The first kappa shape index (κ1) is 15.2. The van der Waals surface area contributed by atoms with Gasteiger partial charge in [-0.05, 0) is 50.4 Å². The van der Waals surface area contributed by atoms with Crippen LogP contribution in [0.2, 0.25) is 0 Å². The van der Waals surface area contributed by atoms with Crippen LogP contribution in [0.5, 0.6) is 0 Å². The van der Waals surface area contributed by atoms with E-state index in [2.05, 4.69) is 57.1 Å². The van der Waals surface area contributed by atoms with Gasteiger partial charge in [-0.15, -0.1) is 0 Å². The minimum atomic E-state index is 0.273. The standard InChI is InChI=1S/C16H27NO/c1-5-13(2)14-8-10-15(11-9-14)16(17(3)4)7-6-12-18/h8-11,13,16,18H,5-7,12H2,1-4H3. The Bertz CT molecular complexity index is 331. The Morgan fingerprint density at radius 1 is 1.11 bits per heavy atom. The van der Waals surface area contributed by atoms with Crippen LogP contribution in [-0.2, 0) is 0 Å². The van der Waals surface area contributed by atoms with Gasteiger partial charge in [0.15, 0.2) is 0 Å². The van der Waals surface area contributed by atoms with E-state index in [0.29, 0.717) is 12.0 Å². The predicted molar refractivity (Wildman–Crippen MR) is 77.9 cm³/mol. The van der Waals surface area contributed by atoms with Gasteiger partial charge >= 0.3 is 0 Å². The maximum atomic E-state index is 8.97. The van der Waals surface area contributed by atoms with E-state index in [-0.39, 0.29) is 6.61 Å². The SMILES string of the molecule is CCC(C)c1ccc(C(CCCO)N(C)C)cc1. The summed E-state index contributed by atoms with van der Waals surface area (Å²) in [5, 5.41) is 8.97. The summed E-state index contributed by atoms with van der Waals surface area (Å²) in [5.74, 6) is 0.634. The third-order valence-corrected chi connectivity index (χ3v) is 3.76. The van der Waals surface area contributed by atoms with E-state index in [9.17, 15) is 0 Å². The lowest BCUT2D eigenvalue weighted by Gasteiger charge is -2.25. The molecule has 0 heterocycles. The molecular formula is C16H27NO. The molecular weight excluding hydrogens is 222 g/mol. The zero-order chi connectivity index (χ0) is 13.5. The Hall–Kier alpha value is -0.860. The smallest absolute Gasteiger partial charge is 0.0431 e. The van der Waals surface area contributed by atoms with Crippen LogP contribution in [0.3, 0.4) is 0 Å². The molecule has 0 saturated heterocycles. The molecule has 0 aliphatic heterocycles. The summed E-state index contributed by atoms with van der Waals surface area (Å²) in [5.41, 5.74) is 2.77. The van der Waals surface area contributed by atoms with Crippen LogP contribution in [0, 0.1) is 0 Å². The van der Waals surface area contributed by atoms with Crippen LogP contribution < -0.4 is 0 Å². The van der Waals surface area contributed by atoms with Gasteiger partial charge in [0, 0.05) is 12.6 Å². The lowest BCUT2D eigenvalue weighted by Crippen LogP contribution is -2.20. The predicted octanol–water partition coefficient (Wildman–Crippen LogP) is 3.58. The number of rotatable bonds is 7. The number of hydrogen-bond donors (Lipinski definition) is 1. The molecule has 18 heavy (non-hydrogen) atoms. The molecule has 2 unspecified atom stereocenters. The van der Waals surface area contributed by atoms with Gasteiger partial charge in [0.05, 0.1) is 0 Å². The van der Waals surface area contributed by atoms with Gasteiger partial charge in [0.2, 0.25) is 0 Å². The molecule has 2 atom stereocenters. The first-order valence-electron chi connectivity index (χ1n) is 6.97. The van der Waals surface area contributed by atoms with Crippen molar-refractivity contribution >= 4 is 0 Å². The van der Waals surface area contributed by atoms with Gasteiger partial charge in [-0.25, -0.2) is 0 Å². The molecule has 2 heteroatoms. The highest BCUT2D eigenvalue weighted by Crippen LogP contribution is 2.26. The molecule has 2 nitrogen and oxygen atoms in total. The second-order valence-electron chi connectivity index (χ2n) is 5.32. The fraction of sp³-hybridized carbons (Fsp3) is 0.625. The third-order valence-electron chi connectivity index (χ3n) is 3.76. The average Bonchev–Trinajstić information content (AvgIpc) is 2.38. The summed E-state index contributed by atoms with van der Waals surface area (Å²) in [6, 6.07) is 9.38. The lowest BCUT2D eigenvalue weighted by atomic mass is 9.94. The van der Waals surface area contributed by atoms with Crippen LogP contribution in [-0.4, -0.2) is 30.7 Å². The third kappa shape index (κ3) is 4.11. The van der Waals surface area contributed by atoms with Crippen molar-refractivity contribution in [3.63, 3.8) is 0 Å². The van der Waals surface area contributed by atoms with Crippen LogP contribution in [0.15, 0.2) is 24.3 Å². The maximum Gasteiger partial charge on any atom is 0.0431 e. The second kappa shape index (κ2) is 7.55. The van der Waals surface area contributed by atoms with E-state index in [4.69, 9.17) is 5.11 Å². The van der Waals surface area contributed by atoms with Crippen LogP contribution in [0.1, 0.15) is 56.2 Å². The first-order chi connectivity index (χ1) is 8.60. The summed E-state index contributed by atoms with van der Waals surface area (Å²) in [4.78, 5) is 2.23. The van der Waals surface area contributed by atoms with E-state index in [1.807, 2.05) is 0 Å². The Labute approximate surface area is 112 Å². The van der Waals surface area contributed by atoms with Crippen molar-refractivity contribution < 1.29 is 5.11 Å². The number of aliphatic hydroxyl groups excluding tert-OH is 1. The molecule has 0 saturated carbocycles. The summed E-state index contributed by atoms with van der Waals surface area (Å²) >= 11 is 0. The highest BCUT2D eigenvalue weighted by Gasteiger charge is 2.13. The molecule has 0 aromatic heterocycles.